The SMILES string of the molecule is Cc1cc(Nc2nc(C=Cc3ccc(C(=O)O)cc3)nc(N3CCN(C)CC3)c2N)n[nH]1. The number of nitrogens with two attached hydrogens (primary N) is 1. The highest BCUT2D eigenvalue weighted by atomic mass is 16.4. The van der Waals surface area contributed by atoms with Gasteiger partial charge in [-0.25, -0.2) is 14.8 Å². The molecule has 0 spiro atoms. The van der Waals surface area contributed by atoms with Gasteiger partial charge in [0, 0.05) is 37.9 Å². The van der Waals surface area contributed by atoms with Crippen molar-refractivity contribution in [1.29, 1.82) is 0 Å². The Morgan fingerprint density at radius 1 is 1.16 bits per heavy atom. The average Bonchev–Trinajstić information content (AvgIpc) is 3.19. The fraction of sp³-hybridized carbons (Fsp3) is 0.273. The highest BCUT2D eigenvalue weighted by molar-refractivity contribution is 5.88. The number of nitrogens with zero attached hydrogens (tertiary/aromatic N) is 5. The second-order valence-corrected chi connectivity index (χ2v) is 7.78. The molecule has 1 aromatic carbocycles. The number of benzene rings is 1. The fourth-order valence-electron chi connectivity index (χ4n) is 3.41. The van der Waals surface area contributed by atoms with E-state index in [1.807, 2.05) is 19.1 Å². The Kier molecular flexibility index (Phi) is 6.04. The van der Waals surface area contributed by atoms with Crippen LogP contribution in [0.15, 0.2) is 30.3 Å². The molecule has 3 heterocycles. The number of carbonyl (C=O) groups is 1. The number of anilines is 4. The van der Waals surface area contributed by atoms with E-state index in [0.29, 0.717) is 29.0 Å². The Morgan fingerprint density at radius 3 is 2.50 bits per heavy atom. The van der Waals surface area contributed by atoms with Crippen LogP contribution in [-0.2, 0) is 0 Å². The Morgan fingerprint density at radius 2 is 1.88 bits per heavy atom. The molecular formula is C22H26N8O2. The van der Waals surface area contributed by atoms with Gasteiger partial charge >= 0.3 is 5.97 Å². The summed E-state index contributed by atoms with van der Waals surface area (Å²) in [6.07, 6.45) is 3.63. The Labute approximate surface area is 185 Å². The van der Waals surface area contributed by atoms with Crippen LogP contribution < -0.4 is 16.0 Å². The summed E-state index contributed by atoms with van der Waals surface area (Å²) in [5.74, 6) is 1.33. The smallest absolute Gasteiger partial charge is 0.335 e. The number of carboxylic acids is 1. The number of hydrogen-bond acceptors (Lipinski definition) is 8. The number of nitrogens with one attached hydrogen (secondary N) is 2. The lowest BCUT2D eigenvalue weighted by Crippen LogP contribution is -2.45. The van der Waals surface area contributed by atoms with E-state index in [-0.39, 0.29) is 5.56 Å². The summed E-state index contributed by atoms with van der Waals surface area (Å²) in [6.45, 7) is 5.40. The summed E-state index contributed by atoms with van der Waals surface area (Å²) >= 11 is 0. The van der Waals surface area contributed by atoms with Crippen molar-refractivity contribution in [2.75, 3.05) is 49.2 Å². The third-order valence-corrected chi connectivity index (χ3v) is 5.28. The second-order valence-electron chi connectivity index (χ2n) is 7.78. The summed E-state index contributed by atoms with van der Waals surface area (Å²) in [5.41, 5.74) is 8.94. The van der Waals surface area contributed by atoms with E-state index >= 15 is 0 Å². The van der Waals surface area contributed by atoms with Gasteiger partial charge in [0.25, 0.3) is 0 Å². The number of aromatic amines is 1. The summed E-state index contributed by atoms with van der Waals surface area (Å²) in [7, 11) is 2.09. The molecular weight excluding hydrogens is 408 g/mol. The molecule has 3 aromatic rings. The summed E-state index contributed by atoms with van der Waals surface area (Å²) in [4.78, 5) is 24.8. The lowest BCUT2D eigenvalue weighted by Gasteiger charge is -2.34. The molecule has 1 saturated heterocycles. The van der Waals surface area contributed by atoms with Gasteiger partial charge in [-0.05, 0) is 37.7 Å². The molecule has 5 N–H and O–H groups in total. The molecule has 0 aliphatic carbocycles. The molecule has 166 valence electrons. The molecule has 10 nitrogen and oxygen atoms in total. The molecule has 0 unspecified atom stereocenters. The van der Waals surface area contributed by atoms with Crippen LogP contribution in [0.25, 0.3) is 12.2 Å². The van der Waals surface area contributed by atoms with Crippen molar-refractivity contribution in [3.8, 4) is 0 Å². The standard InChI is InChI=1S/C22H26N8O2/c1-14-13-18(28-27-14)25-20-19(23)21(30-11-9-29(2)10-12-30)26-17(24-20)8-5-15-3-6-16(7-4-15)22(31)32/h3-8,13H,9-12,23H2,1-2H3,(H,31,32)(H2,24,25,26,27,28). The molecule has 0 saturated carbocycles. The van der Waals surface area contributed by atoms with Gasteiger partial charge in [-0.3, -0.25) is 5.10 Å². The molecule has 0 radical (unpaired) electrons. The van der Waals surface area contributed by atoms with Gasteiger partial charge in [0.1, 0.15) is 5.69 Å². The van der Waals surface area contributed by atoms with Crippen molar-refractivity contribution >= 4 is 41.3 Å². The minimum absolute atomic E-state index is 0.240. The first-order valence-corrected chi connectivity index (χ1v) is 10.3. The van der Waals surface area contributed by atoms with Gasteiger partial charge in [-0.15, -0.1) is 0 Å². The Balaban J connectivity index is 1.66. The number of piperazine rings is 1. The molecule has 32 heavy (non-hydrogen) atoms. The molecule has 2 aromatic heterocycles. The molecule has 0 bridgehead atoms. The largest absolute Gasteiger partial charge is 0.478 e. The lowest BCUT2D eigenvalue weighted by atomic mass is 10.1. The van der Waals surface area contributed by atoms with Crippen LogP contribution in [0.2, 0.25) is 0 Å². The fourth-order valence-corrected chi connectivity index (χ4v) is 3.41. The van der Waals surface area contributed by atoms with Crippen LogP contribution >= 0.6 is 0 Å². The van der Waals surface area contributed by atoms with E-state index in [4.69, 9.17) is 15.8 Å². The molecule has 10 heteroatoms. The van der Waals surface area contributed by atoms with Crippen molar-refractivity contribution < 1.29 is 9.90 Å². The Hall–Kier alpha value is -3.92. The van der Waals surface area contributed by atoms with Crippen LogP contribution in [-0.4, -0.2) is 69.4 Å². The third kappa shape index (κ3) is 4.86. The highest BCUT2D eigenvalue weighted by Gasteiger charge is 2.21. The minimum Gasteiger partial charge on any atom is -0.478 e. The van der Waals surface area contributed by atoms with Gasteiger partial charge in [0.2, 0.25) is 0 Å². The zero-order valence-electron chi connectivity index (χ0n) is 18.0. The maximum atomic E-state index is 11.0. The highest BCUT2D eigenvalue weighted by Crippen LogP contribution is 2.30. The van der Waals surface area contributed by atoms with Crippen molar-refractivity contribution in [1.82, 2.24) is 25.1 Å². The molecule has 1 aliphatic heterocycles. The maximum absolute atomic E-state index is 11.0. The lowest BCUT2D eigenvalue weighted by molar-refractivity contribution is 0.0697. The maximum Gasteiger partial charge on any atom is 0.335 e. The van der Waals surface area contributed by atoms with Gasteiger partial charge < -0.3 is 26.0 Å². The van der Waals surface area contributed by atoms with Crippen molar-refractivity contribution in [3.63, 3.8) is 0 Å². The van der Waals surface area contributed by atoms with Crippen molar-refractivity contribution in [3.05, 3.63) is 53.0 Å². The normalized spacial score (nSPS) is 14.8. The van der Waals surface area contributed by atoms with Gasteiger partial charge in [-0.1, -0.05) is 18.2 Å². The predicted molar refractivity (Wildman–Crippen MR) is 125 cm³/mol. The molecule has 1 fully saturated rings. The van der Waals surface area contributed by atoms with Gasteiger partial charge in [0.15, 0.2) is 23.3 Å². The monoisotopic (exact) mass is 434 g/mol. The van der Waals surface area contributed by atoms with Crippen LogP contribution in [0, 0.1) is 6.92 Å². The van der Waals surface area contributed by atoms with Crippen LogP contribution in [0.4, 0.5) is 23.1 Å². The third-order valence-electron chi connectivity index (χ3n) is 5.28. The first-order valence-electron chi connectivity index (χ1n) is 10.3. The number of rotatable bonds is 6. The average molecular weight is 435 g/mol. The van der Waals surface area contributed by atoms with E-state index in [1.165, 1.54) is 0 Å². The van der Waals surface area contributed by atoms with Crippen molar-refractivity contribution in [2.45, 2.75) is 6.92 Å². The van der Waals surface area contributed by atoms with Crippen LogP contribution in [0.5, 0.6) is 0 Å². The zero-order chi connectivity index (χ0) is 22.7. The zero-order valence-corrected chi connectivity index (χ0v) is 18.0. The molecule has 1 aliphatic rings. The predicted octanol–water partition coefficient (Wildman–Crippen LogP) is 2.45. The number of aromatic carboxylic acids is 1. The number of likely N-dealkylation sites (N-methyl/N-ethyl adjacent to an activating group) is 1. The second kappa shape index (κ2) is 9.06. The van der Waals surface area contributed by atoms with E-state index in [2.05, 4.69) is 37.3 Å². The Bertz CT molecular complexity index is 1130. The first-order chi connectivity index (χ1) is 15.4. The van der Waals surface area contributed by atoms with Gasteiger partial charge in [0.05, 0.1) is 5.56 Å². The number of H-pyrrole nitrogens is 1. The summed E-state index contributed by atoms with van der Waals surface area (Å²) in [6, 6.07) is 8.48. The first kappa shape index (κ1) is 21.3. The number of aromatic nitrogens is 4. The molecule has 4 rings (SSSR count). The van der Waals surface area contributed by atoms with Crippen LogP contribution in [0.3, 0.4) is 0 Å². The van der Waals surface area contributed by atoms with Gasteiger partial charge in [-0.2, -0.15) is 5.10 Å². The van der Waals surface area contributed by atoms with Crippen LogP contribution in [0.1, 0.15) is 27.4 Å². The molecule has 0 amide bonds. The summed E-state index contributed by atoms with van der Waals surface area (Å²) < 4.78 is 0. The quantitative estimate of drug-likeness (QED) is 0.461. The summed E-state index contributed by atoms with van der Waals surface area (Å²) in [5, 5.41) is 19.4. The number of nitrogen functional groups attached to an aromatic ring is 1. The van der Waals surface area contributed by atoms with E-state index in [0.717, 1.165) is 37.4 Å². The topological polar surface area (TPSA) is 136 Å². The van der Waals surface area contributed by atoms with E-state index < -0.39 is 5.97 Å². The number of carboxylic acid groups (broad SMARTS) is 1. The van der Waals surface area contributed by atoms with E-state index in [1.54, 1.807) is 30.3 Å². The van der Waals surface area contributed by atoms with Crippen molar-refractivity contribution in [2.24, 2.45) is 0 Å². The minimum atomic E-state index is -0.955. The van der Waals surface area contributed by atoms with E-state index in [9.17, 15) is 4.79 Å². The number of hydrogen-bond donors (Lipinski definition) is 4. The molecule has 0 atom stereocenters. The number of aryl methyl sites for hydroxylation is 1.